The van der Waals surface area contributed by atoms with E-state index in [9.17, 15) is 0 Å². The summed E-state index contributed by atoms with van der Waals surface area (Å²) < 4.78 is 6.81. The molecule has 2 aromatic carbocycles. The van der Waals surface area contributed by atoms with Crippen LogP contribution in [0.5, 0.6) is 0 Å². The summed E-state index contributed by atoms with van der Waals surface area (Å²) in [6.45, 7) is 8.32. The Morgan fingerprint density at radius 1 is 1.00 bits per heavy atom. The summed E-state index contributed by atoms with van der Waals surface area (Å²) in [5.41, 5.74) is 5.02. The second-order valence-electron chi connectivity index (χ2n) is 8.82. The molecule has 1 spiro atoms. The highest BCUT2D eigenvalue weighted by atomic mass is 17.2. The molecule has 154 valence electrons. The molecule has 2 aliphatic carbocycles. The quantitative estimate of drug-likeness (QED) is 0.444. The molecule has 1 heterocycles. The van der Waals surface area contributed by atoms with Crippen LogP contribution in [0.15, 0.2) is 90.5 Å². The maximum atomic E-state index is 6.81. The Balaban J connectivity index is 1.55. The normalized spacial score (nSPS) is 33.0. The van der Waals surface area contributed by atoms with Crippen LogP contribution in [0, 0.1) is 5.92 Å². The highest BCUT2D eigenvalue weighted by Crippen LogP contribution is 2.54. The first kappa shape index (κ1) is 19.5. The molecule has 1 saturated heterocycles. The predicted molar refractivity (Wildman–Crippen MR) is 118 cm³/mol. The van der Waals surface area contributed by atoms with Gasteiger partial charge in [0.05, 0.1) is 0 Å². The zero-order valence-electron chi connectivity index (χ0n) is 17.6. The predicted octanol–water partition coefficient (Wildman–Crippen LogP) is 6.34. The zero-order chi connectivity index (χ0) is 20.8. The molecule has 0 saturated carbocycles. The summed E-state index contributed by atoms with van der Waals surface area (Å²) in [7, 11) is 0. The number of fused-ring (bicyclic) bond motifs is 1. The van der Waals surface area contributed by atoms with Crippen LogP contribution in [0.4, 0.5) is 0 Å². The Morgan fingerprint density at radius 2 is 1.70 bits per heavy atom. The Labute approximate surface area is 178 Å². The zero-order valence-corrected chi connectivity index (χ0v) is 17.6. The second-order valence-corrected chi connectivity index (χ2v) is 8.82. The van der Waals surface area contributed by atoms with Gasteiger partial charge in [0.15, 0.2) is 5.60 Å². The van der Waals surface area contributed by atoms with Crippen molar-refractivity contribution in [1.29, 1.82) is 0 Å². The summed E-state index contributed by atoms with van der Waals surface area (Å²) in [6, 6.07) is 20.8. The van der Waals surface area contributed by atoms with E-state index in [1.54, 1.807) is 0 Å². The standard InChI is InChI=1S/C27H28O3/c1-19(2)22-15-14-20(3)27(18-22)28-25-16-23(21-10-6-4-7-11-21)17-26(25,29-30-27)24-12-8-5-9-13-24/h4-14,16,22,25H,1,15,17-18H2,2-3H3/t22-,25-,26-,27-/m1/s1. The first-order valence-corrected chi connectivity index (χ1v) is 10.7. The van der Waals surface area contributed by atoms with Crippen molar-refractivity contribution in [2.75, 3.05) is 0 Å². The Hall–Kier alpha value is -2.46. The van der Waals surface area contributed by atoms with E-state index in [1.807, 2.05) is 24.3 Å². The maximum Gasteiger partial charge on any atom is 0.224 e. The van der Waals surface area contributed by atoms with E-state index in [2.05, 4.69) is 69.0 Å². The minimum atomic E-state index is -0.868. The summed E-state index contributed by atoms with van der Waals surface area (Å²) in [4.78, 5) is 12.6. The van der Waals surface area contributed by atoms with E-state index in [0.29, 0.717) is 12.3 Å². The van der Waals surface area contributed by atoms with Gasteiger partial charge in [-0.25, -0.2) is 4.89 Å². The van der Waals surface area contributed by atoms with E-state index >= 15 is 0 Å². The minimum Gasteiger partial charge on any atom is -0.333 e. The van der Waals surface area contributed by atoms with Gasteiger partial charge in [0.25, 0.3) is 0 Å². The lowest BCUT2D eigenvalue weighted by Crippen LogP contribution is -2.56. The van der Waals surface area contributed by atoms with Gasteiger partial charge >= 0.3 is 0 Å². The number of ether oxygens (including phenoxy) is 1. The van der Waals surface area contributed by atoms with Crippen molar-refractivity contribution in [2.45, 2.75) is 50.6 Å². The van der Waals surface area contributed by atoms with Gasteiger partial charge in [0.2, 0.25) is 5.79 Å². The summed E-state index contributed by atoms with van der Waals surface area (Å²) in [5.74, 6) is -0.548. The van der Waals surface area contributed by atoms with Crippen molar-refractivity contribution in [3.63, 3.8) is 0 Å². The number of benzene rings is 2. The lowest BCUT2D eigenvalue weighted by molar-refractivity contribution is -0.518. The van der Waals surface area contributed by atoms with E-state index in [-0.39, 0.29) is 6.10 Å². The largest absolute Gasteiger partial charge is 0.333 e. The maximum absolute atomic E-state index is 6.81. The SMILES string of the molecule is C=C(C)[C@@H]1CC=C(C)[C@@]2(C1)OO[C@@]1(c3ccccc3)CC(c3ccccc3)=C[C@H]1O2. The molecule has 3 nitrogen and oxygen atoms in total. The van der Waals surface area contributed by atoms with E-state index in [4.69, 9.17) is 14.5 Å². The molecule has 0 bridgehead atoms. The number of rotatable bonds is 3. The van der Waals surface area contributed by atoms with Gasteiger partial charge in [-0.3, -0.25) is 0 Å². The molecule has 4 atom stereocenters. The average Bonchev–Trinajstić information content (AvgIpc) is 3.17. The minimum absolute atomic E-state index is 0.240. The lowest BCUT2D eigenvalue weighted by Gasteiger charge is -2.49. The van der Waals surface area contributed by atoms with Gasteiger partial charge in [-0.2, -0.15) is 4.89 Å². The molecule has 5 rings (SSSR count). The van der Waals surface area contributed by atoms with Crippen LogP contribution < -0.4 is 0 Å². The first-order chi connectivity index (χ1) is 14.5. The monoisotopic (exact) mass is 400 g/mol. The molecule has 30 heavy (non-hydrogen) atoms. The van der Waals surface area contributed by atoms with E-state index in [0.717, 1.165) is 29.6 Å². The highest BCUT2D eigenvalue weighted by Gasteiger charge is 2.58. The fraction of sp³-hybridized carbons (Fsp3) is 0.333. The van der Waals surface area contributed by atoms with Gasteiger partial charge < -0.3 is 4.74 Å². The van der Waals surface area contributed by atoms with Crippen LogP contribution in [-0.2, 0) is 20.1 Å². The van der Waals surface area contributed by atoms with E-state index in [1.165, 1.54) is 11.1 Å². The third-order valence-electron chi connectivity index (χ3n) is 6.84. The van der Waals surface area contributed by atoms with Gasteiger partial charge in [0, 0.05) is 12.8 Å². The van der Waals surface area contributed by atoms with Crippen molar-refractivity contribution in [2.24, 2.45) is 5.92 Å². The smallest absolute Gasteiger partial charge is 0.224 e. The van der Waals surface area contributed by atoms with Crippen molar-refractivity contribution in [3.8, 4) is 0 Å². The summed E-state index contributed by atoms with van der Waals surface area (Å²) in [6.07, 6.45) is 6.59. The lowest BCUT2D eigenvalue weighted by atomic mass is 9.81. The van der Waals surface area contributed by atoms with E-state index < -0.39 is 11.4 Å². The average molecular weight is 401 g/mol. The molecule has 0 unspecified atom stereocenters. The van der Waals surface area contributed by atoms with Crippen LogP contribution in [0.1, 0.15) is 44.2 Å². The fourth-order valence-corrected chi connectivity index (χ4v) is 4.88. The summed E-state index contributed by atoms with van der Waals surface area (Å²) in [5, 5.41) is 0. The first-order valence-electron chi connectivity index (χ1n) is 10.7. The van der Waals surface area contributed by atoms with Crippen LogP contribution in [-0.4, -0.2) is 11.9 Å². The molecule has 1 fully saturated rings. The van der Waals surface area contributed by atoms with Gasteiger partial charge in [-0.05, 0) is 54.5 Å². The van der Waals surface area contributed by atoms with Crippen molar-refractivity contribution < 1.29 is 14.5 Å². The molecule has 0 radical (unpaired) electrons. The number of allylic oxidation sites excluding steroid dienone is 2. The topological polar surface area (TPSA) is 27.7 Å². The molecular weight excluding hydrogens is 372 g/mol. The van der Waals surface area contributed by atoms with Crippen LogP contribution in [0.3, 0.4) is 0 Å². The third-order valence-corrected chi connectivity index (χ3v) is 6.84. The highest BCUT2D eigenvalue weighted by molar-refractivity contribution is 5.70. The molecule has 0 amide bonds. The summed E-state index contributed by atoms with van der Waals surface area (Å²) >= 11 is 0. The van der Waals surface area contributed by atoms with Gasteiger partial charge in [-0.1, -0.05) is 78.9 Å². The van der Waals surface area contributed by atoms with Gasteiger partial charge in [0.1, 0.15) is 6.10 Å². The molecule has 2 aromatic rings. The third kappa shape index (κ3) is 3.09. The van der Waals surface area contributed by atoms with Crippen LogP contribution in [0.25, 0.3) is 5.57 Å². The van der Waals surface area contributed by atoms with Gasteiger partial charge in [-0.15, -0.1) is 0 Å². The Kier molecular flexibility index (Phi) is 4.78. The fourth-order valence-electron chi connectivity index (χ4n) is 4.88. The number of hydrogen-bond donors (Lipinski definition) is 0. The van der Waals surface area contributed by atoms with Crippen molar-refractivity contribution >= 4 is 5.57 Å². The van der Waals surface area contributed by atoms with Crippen LogP contribution >= 0.6 is 0 Å². The van der Waals surface area contributed by atoms with Crippen molar-refractivity contribution in [3.05, 3.63) is 102 Å². The second kappa shape index (κ2) is 7.35. The molecule has 3 heteroatoms. The number of hydrogen-bond acceptors (Lipinski definition) is 3. The molecule has 3 aliphatic rings. The Bertz CT molecular complexity index is 1010. The molecular formula is C27H28O3. The molecule has 0 aromatic heterocycles. The molecule has 1 aliphatic heterocycles. The van der Waals surface area contributed by atoms with Crippen molar-refractivity contribution in [1.82, 2.24) is 0 Å². The molecule has 0 N–H and O–H groups in total. The Morgan fingerprint density at radius 3 is 2.40 bits per heavy atom. The van der Waals surface area contributed by atoms with Crippen LogP contribution in [0.2, 0.25) is 0 Å².